The fourth-order valence-electron chi connectivity index (χ4n) is 3.66. The van der Waals surface area contributed by atoms with Gasteiger partial charge in [0.1, 0.15) is 5.75 Å². The van der Waals surface area contributed by atoms with Crippen LogP contribution < -0.4 is 4.74 Å². The van der Waals surface area contributed by atoms with Crippen LogP contribution in [0.1, 0.15) is 36.9 Å². The average molecular weight is 417 g/mol. The SMILES string of the molecule is CC=CCC(C(=O)O)[C@@H]1CO[C@H](c2ccccc2Cl)O[C@@H]1c1ccccc1OC. The van der Waals surface area contributed by atoms with E-state index in [9.17, 15) is 9.90 Å². The lowest BCUT2D eigenvalue weighted by atomic mass is 9.81. The normalized spacial score (nSPS) is 23.1. The van der Waals surface area contributed by atoms with Crippen molar-refractivity contribution in [2.75, 3.05) is 13.7 Å². The lowest BCUT2D eigenvalue weighted by Gasteiger charge is -2.40. The lowest BCUT2D eigenvalue weighted by molar-refractivity contribution is -0.253. The van der Waals surface area contributed by atoms with Crippen LogP contribution in [-0.4, -0.2) is 24.8 Å². The first-order chi connectivity index (χ1) is 14.1. The number of carbonyl (C=O) groups is 1. The summed E-state index contributed by atoms with van der Waals surface area (Å²) in [6.07, 6.45) is 2.90. The molecule has 154 valence electrons. The van der Waals surface area contributed by atoms with Gasteiger partial charge in [-0.25, -0.2) is 0 Å². The van der Waals surface area contributed by atoms with Gasteiger partial charge in [-0.1, -0.05) is 60.2 Å². The first-order valence-corrected chi connectivity index (χ1v) is 9.93. The number of halogens is 1. The number of hydrogen-bond donors (Lipinski definition) is 1. The fraction of sp³-hybridized carbons (Fsp3) is 0.348. The topological polar surface area (TPSA) is 65.0 Å². The summed E-state index contributed by atoms with van der Waals surface area (Å²) in [6, 6.07) is 14.8. The zero-order valence-electron chi connectivity index (χ0n) is 16.5. The molecule has 0 bridgehead atoms. The van der Waals surface area contributed by atoms with Gasteiger partial charge in [-0.3, -0.25) is 4.79 Å². The maximum Gasteiger partial charge on any atom is 0.307 e. The van der Waals surface area contributed by atoms with Crippen LogP contribution in [-0.2, 0) is 14.3 Å². The molecule has 1 aliphatic heterocycles. The Bertz CT molecular complexity index is 866. The molecular formula is C23H25ClO5. The molecule has 1 saturated heterocycles. The molecule has 0 amide bonds. The number of para-hydroxylation sites is 1. The fourth-order valence-corrected chi connectivity index (χ4v) is 3.89. The van der Waals surface area contributed by atoms with Crippen molar-refractivity contribution in [2.24, 2.45) is 11.8 Å². The molecule has 1 aliphatic rings. The minimum atomic E-state index is -0.878. The number of benzene rings is 2. The summed E-state index contributed by atoms with van der Waals surface area (Å²) >= 11 is 6.34. The summed E-state index contributed by atoms with van der Waals surface area (Å²) in [5.41, 5.74) is 1.51. The van der Waals surface area contributed by atoms with E-state index in [4.69, 9.17) is 25.8 Å². The molecule has 0 radical (unpaired) electrons. The number of methoxy groups -OCH3 is 1. The van der Waals surface area contributed by atoms with E-state index in [2.05, 4.69) is 0 Å². The Morgan fingerprint density at radius 1 is 1.24 bits per heavy atom. The highest BCUT2D eigenvalue weighted by molar-refractivity contribution is 6.31. The van der Waals surface area contributed by atoms with Crippen molar-refractivity contribution in [1.82, 2.24) is 0 Å². The highest BCUT2D eigenvalue weighted by Gasteiger charge is 2.42. The van der Waals surface area contributed by atoms with Gasteiger partial charge in [0.15, 0.2) is 6.29 Å². The third-order valence-corrected chi connectivity index (χ3v) is 5.51. The second kappa shape index (κ2) is 9.92. The third-order valence-electron chi connectivity index (χ3n) is 5.16. The number of carboxylic acids is 1. The Morgan fingerprint density at radius 2 is 1.93 bits per heavy atom. The maximum absolute atomic E-state index is 12.0. The van der Waals surface area contributed by atoms with Gasteiger partial charge < -0.3 is 19.3 Å². The molecule has 2 aromatic rings. The van der Waals surface area contributed by atoms with Crippen LogP contribution in [0.4, 0.5) is 0 Å². The summed E-state index contributed by atoms with van der Waals surface area (Å²) in [6.45, 7) is 2.10. The van der Waals surface area contributed by atoms with Crippen LogP contribution >= 0.6 is 11.6 Å². The second-order valence-corrected chi connectivity index (χ2v) is 7.31. The van der Waals surface area contributed by atoms with Crippen molar-refractivity contribution in [3.05, 3.63) is 76.8 Å². The second-order valence-electron chi connectivity index (χ2n) is 6.90. The highest BCUT2D eigenvalue weighted by Crippen LogP contribution is 2.45. The van der Waals surface area contributed by atoms with Crippen LogP contribution in [0, 0.1) is 11.8 Å². The first kappa shape index (κ1) is 21.4. The minimum absolute atomic E-state index is 0.229. The summed E-state index contributed by atoms with van der Waals surface area (Å²) < 4.78 is 17.8. The Morgan fingerprint density at radius 3 is 2.59 bits per heavy atom. The Labute approximate surface area is 175 Å². The summed E-state index contributed by atoms with van der Waals surface area (Å²) in [5, 5.41) is 10.4. The molecule has 0 spiro atoms. The van der Waals surface area contributed by atoms with Crippen LogP contribution in [0.2, 0.25) is 5.02 Å². The van der Waals surface area contributed by atoms with E-state index in [1.807, 2.05) is 61.5 Å². The first-order valence-electron chi connectivity index (χ1n) is 9.55. The number of aliphatic carboxylic acids is 1. The minimum Gasteiger partial charge on any atom is -0.496 e. The molecule has 0 aromatic heterocycles. The van der Waals surface area contributed by atoms with E-state index in [1.165, 1.54) is 0 Å². The van der Waals surface area contributed by atoms with E-state index in [0.717, 1.165) is 5.56 Å². The van der Waals surface area contributed by atoms with Crippen molar-refractivity contribution in [1.29, 1.82) is 0 Å². The molecule has 4 atom stereocenters. The van der Waals surface area contributed by atoms with Gasteiger partial charge in [0.25, 0.3) is 0 Å². The standard InChI is InChI=1S/C23H25ClO5/c1-3-4-9-15(22(25)26)18-14-28-23(16-10-5-7-12-19(16)24)29-21(18)17-11-6-8-13-20(17)27-2/h3-8,10-13,15,18,21,23H,9,14H2,1-2H3,(H,25,26)/t15?,18-,21+,23-/m0/s1. The van der Waals surface area contributed by atoms with Gasteiger partial charge >= 0.3 is 5.97 Å². The Hall–Kier alpha value is -2.34. The van der Waals surface area contributed by atoms with Crippen molar-refractivity contribution in [3.8, 4) is 5.75 Å². The third kappa shape index (κ3) is 4.81. The average Bonchev–Trinajstić information content (AvgIpc) is 2.74. The number of hydrogen-bond acceptors (Lipinski definition) is 4. The smallest absolute Gasteiger partial charge is 0.307 e. The van der Waals surface area contributed by atoms with Crippen molar-refractivity contribution >= 4 is 17.6 Å². The zero-order chi connectivity index (χ0) is 20.8. The number of carboxylic acid groups (broad SMARTS) is 1. The van der Waals surface area contributed by atoms with Crippen LogP contribution in [0.15, 0.2) is 60.7 Å². The van der Waals surface area contributed by atoms with E-state index in [1.54, 1.807) is 13.2 Å². The van der Waals surface area contributed by atoms with Gasteiger partial charge in [-0.05, 0) is 25.5 Å². The van der Waals surface area contributed by atoms with E-state index in [-0.39, 0.29) is 6.61 Å². The predicted octanol–water partition coefficient (Wildman–Crippen LogP) is 5.42. The van der Waals surface area contributed by atoms with Gasteiger partial charge in [-0.15, -0.1) is 0 Å². The summed E-state index contributed by atoms with van der Waals surface area (Å²) in [5.74, 6) is -1.28. The summed E-state index contributed by atoms with van der Waals surface area (Å²) in [7, 11) is 1.59. The number of allylic oxidation sites excluding steroid dienone is 2. The van der Waals surface area contributed by atoms with Crippen molar-refractivity contribution in [2.45, 2.75) is 25.7 Å². The van der Waals surface area contributed by atoms with Crippen LogP contribution in [0.5, 0.6) is 5.75 Å². The van der Waals surface area contributed by atoms with Gasteiger partial charge in [0, 0.05) is 22.1 Å². The van der Waals surface area contributed by atoms with E-state index < -0.39 is 30.2 Å². The molecular weight excluding hydrogens is 392 g/mol. The molecule has 1 fully saturated rings. The molecule has 29 heavy (non-hydrogen) atoms. The highest BCUT2D eigenvalue weighted by atomic mass is 35.5. The lowest BCUT2D eigenvalue weighted by Crippen LogP contribution is -2.38. The molecule has 0 saturated carbocycles. The maximum atomic E-state index is 12.0. The van der Waals surface area contributed by atoms with E-state index >= 15 is 0 Å². The molecule has 1 unspecified atom stereocenters. The van der Waals surface area contributed by atoms with Crippen molar-refractivity contribution < 1.29 is 24.1 Å². The molecule has 1 heterocycles. The molecule has 3 rings (SSSR count). The van der Waals surface area contributed by atoms with Crippen LogP contribution in [0.3, 0.4) is 0 Å². The Balaban J connectivity index is 2.00. The number of ether oxygens (including phenoxy) is 3. The zero-order valence-corrected chi connectivity index (χ0v) is 17.2. The van der Waals surface area contributed by atoms with Gasteiger partial charge in [0.2, 0.25) is 0 Å². The quantitative estimate of drug-likeness (QED) is 0.610. The van der Waals surface area contributed by atoms with Crippen LogP contribution in [0.25, 0.3) is 0 Å². The van der Waals surface area contributed by atoms with Gasteiger partial charge in [0.05, 0.1) is 25.7 Å². The Kier molecular flexibility index (Phi) is 7.31. The molecule has 6 heteroatoms. The van der Waals surface area contributed by atoms with Crippen molar-refractivity contribution in [3.63, 3.8) is 0 Å². The molecule has 0 aliphatic carbocycles. The largest absolute Gasteiger partial charge is 0.496 e. The molecule has 1 N–H and O–H groups in total. The monoisotopic (exact) mass is 416 g/mol. The number of rotatable bonds is 7. The van der Waals surface area contributed by atoms with Gasteiger partial charge in [-0.2, -0.15) is 0 Å². The predicted molar refractivity (Wildman–Crippen MR) is 111 cm³/mol. The van der Waals surface area contributed by atoms with E-state index in [0.29, 0.717) is 22.8 Å². The molecule has 5 nitrogen and oxygen atoms in total. The summed E-state index contributed by atoms with van der Waals surface area (Å²) in [4.78, 5) is 12.0. The molecule has 2 aromatic carbocycles.